The first-order valence-corrected chi connectivity index (χ1v) is 5.09. The normalized spacial score (nSPS) is 9.67. The second-order valence-electron chi connectivity index (χ2n) is 3.15. The Labute approximate surface area is 100 Å². The van der Waals surface area contributed by atoms with Crippen LogP contribution in [0.1, 0.15) is 11.4 Å². The van der Waals surface area contributed by atoms with Crippen LogP contribution in [-0.2, 0) is 12.4 Å². The van der Waals surface area contributed by atoms with Crippen molar-refractivity contribution in [3.63, 3.8) is 0 Å². The van der Waals surface area contributed by atoms with Crippen molar-refractivity contribution in [3.05, 3.63) is 54.1 Å². The lowest BCUT2D eigenvalue weighted by atomic mass is 10.2. The minimum atomic E-state index is 0. The number of imidazole rings is 1. The minimum absolute atomic E-state index is 0. The SMILES string of the molecule is ClCc1[nH]cc[n+]1Cc1ccccc1.[Cl-]. The molecule has 0 atom stereocenters. The molecule has 2 aromatic rings. The molecule has 15 heavy (non-hydrogen) atoms. The molecule has 0 bridgehead atoms. The van der Waals surface area contributed by atoms with E-state index in [0.717, 1.165) is 12.4 Å². The van der Waals surface area contributed by atoms with Gasteiger partial charge in [-0.25, -0.2) is 9.55 Å². The third kappa shape index (κ3) is 2.98. The van der Waals surface area contributed by atoms with Crippen LogP contribution in [0.15, 0.2) is 42.7 Å². The lowest BCUT2D eigenvalue weighted by molar-refractivity contribution is -0.693. The van der Waals surface area contributed by atoms with E-state index >= 15 is 0 Å². The Bertz CT molecular complexity index is 398. The van der Waals surface area contributed by atoms with Crippen molar-refractivity contribution in [2.75, 3.05) is 0 Å². The maximum absolute atomic E-state index is 5.79. The van der Waals surface area contributed by atoms with Gasteiger partial charge in [-0.2, -0.15) is 0 Å². The molecule has 80 valence electrons. The monoisotopic (exact) mass is 242 g/mol. The molecular formula is C11H12Cl2N2. The van der Waals surface area contributed by atoms with Crippen LogP contribution in [0.25, 0.3) is 0 Å². The predicted octanol–water partition coefficient (Wildman–Crippen LogP) is -0.907. The second-order valence-corrected chi connectivity index (χ2v) is 3.42. The fraction of sp³-hybridized carbons (Fsp3) is 0.182. The smallest absolute Gasteiger partial charge is 0.269 e. The lowest BCUT2D eigenvalue weighted by Crippen LogP contribution is -3.00. The second kappa shape index (κ2) is 5.79. The minimum Gasteiger partial charge on any atom is -1.00 e. The zero-order valence-corrected chi connectivity index (χ0v) is 9.67. The van der Waals surface area contributed by atoms with E-state index in [2.05, 4.69) is 21.7 Å². The maximum atomic E-state index is 5.79. The van der Waals surface area contributed by atoms with E-state index in [1.807, 2.05) is 30.6 Å². The van der Waals surface area contributed by atoms with Gasteiger partial charge in [-0.3, -0.25) is 0 Å². The van der Waals surface area contributed by atoms with Crippen molar-refractivity contribution < 1.29 is 17.0 Å². The van der Waals surface area contributed by atoms with Crippen molar-refractivity contribution in [3.8, 4) is 0 Å². The van der Waals surface area contributed by atoms with Crippen molar-refractivity contribution in [2.45, 2.75) is 12.4 Å². The van der Waals surface area contributed by atoms with E-state index in [-0.39, 0.29) is 12.4 Å². The lowest BCUT2D eigenvalue weighted by Gasteiger charge is -1.98. The first-order chi connectivity index (χ1) is 6.90. The third-order valence-corrected chi connectivity index (χ3v) is 2.43. The fourth-order valence-corrected chi connectivity index (χ4v) is 1.67. The fourth-order valence-electron chi connectivity index (χ4n) is 1.44. The average molecular weight is 243 g/mol. The number of H-pyrrole nitrogens is 1. The Balaban J connectivity index is 0.00000112. The van der Waals surface area contributed by atoms with Gasteiger partial charge in [0.15, 0.2) is 0 Å². The highest BCUT2D eigenvalue weighted by atomic mass is 35.5. The summed E-state index contributed by atoms with van der Waals surface area (Å²) in [6, 6.07) is 10.3. The summed E-state index contributed by atoms with van der Waals surface area (Å²) in [5.74, 6) is 1.55. The highest BCUT2D eigenvalue weighted by Crippen LogP contribution is 1.99. The van der Waals surface area contributed by atoms with Gasteiger partial charge in [0.1, 0.15) is 24.8 Å². The Morgan fingerprint density at radius 2 is 1.93 bits per heavy atom. The van der Waals surface area contributed by atoms with Gasteiger partial charge in [0.2, 0.25) is 0 Å². The van der Waals surface area contributed by atoms with Gasteiger partial charge in [-0.05, 0) is 5.56 Å². The molecule has 0 fully saturated rings. The molecule has 0 spiro atoms. The van der Waals surface area contributed by atoms with Gasteiger partial charge in [0, 0.05) is 0 Å². The van der Waals surface area contributed by atoms with Crippen LogP contribution in [-0.4, -0.2) is 4.98 Å². The van der Waals surface area contributed by atoms with E-state index in [1.165, 1.54) is 5.56 Å². The number of aromatic nitrogens is 2. The molecule has 0 unspecified atom stereocenters. The number of alkyl halides is 1. The predicted molar refractivity (Wildman–Crippen MR) is 56.1 cm³/mol. The molecule has 0 aliphatic rings. The zero-order chi connectivity index (χ0) is 9.80. The van der Waals surface area contributed by atoms with Crippen LogP contribution in [0, 0.1) is 0 Å². The quantitative estimate of drug-likeness (QED) is 0.532. The third-order valence-electron chi connectivity index (χ3n) is 2.17. The topological polar surface area (TPSA) is 19.7 Å². The molecule has 1 aromatic carbocycles. The Hall–Kier alpha value is -0.990. The van der Waals surface area contributed by atoms with Crippen molar-refractivity contribution >= 4 is 11.6 Å². The average Bonchev–Trinajstić information content (AvgIpc) is 2.67. The molecule has 0 amide bonds. The molecule has 0 aliphatic heterocycles. The number of nitrogens with zero attached hydrogens (tertiary/aromatic N) is 1. The van der Waals surface area contributed by atoms with Crippen LogP contribution in [0.5, 0.6) is 0 Å². The number of rotatable bonds is 3. The number of hydrogen-bond acceptors (Lipinski definition) is 0. The molecule has 2 rings (SSSR count). The van der Waals surface area contributed by atoms with Crippen LogP contribution in [0.4, 0.5) is 0 Å². The Morgan fingerprint density at radius 1 is 1.20 bits per heavy atom. The van der Waals surface area contributed by atoms with Crippen LogP contribution in [0.2, 0.25) is 0 Å². The number of aromatic amines is 1. The molecule has 1 heterocycles. The zero-order valence-electron chi connectivity index (χ0n) is 8.16. The van der Waals surface area contributed by atoms with Crippen LogP contribution < -0.4 is 17.0 Å². The summed E-state index contributed by atoms with van der Waals surface area (Å²) in [6.07, 6.45) is 3.91. The Kier molecular flexibility index (Phi) is 4.66. The molecule has 0 saturated heterocycles. The van der Waals surface area contributed by atoms with E-state index in [1.54, 1.807) is 0 Å². The molecule has 1 aromatic heterocycles. The maximum Gasteiger partial charge on any atom is 0.269 e. The molecule has 4 heteroatoms. The van der Waals surface area contributed by atoms with E-state index < -0.39 is 0 Å². The summed E-state index contributed by atoms with van der Waals surface area (Å²) in [7, 11) is 0. The van der Waals surface area contributed by atoms with Gasteiger partial charge in [0.25, 0.3) is 5.82 Å². The molecule has 0 radical (unpaired) electrons. The molecule has 1 N–H and O–H groups in total. The highest BCUT2D eigenvalue weighted by molar-refractivity contribution is 6.16. The number of benzene rings is 1. The van der Waals surface area contributed by atoms with Crippen LogP contribution >= 0.6 is 11.6 Å². The van der Waals surface area contributed by atoms with E-state index in [9.17, 15) is 0 Å². The van der Waals surface area contributed by atoms with Gasteiger partial charge < -0.3 is 12.4 Å². The summed E-state index contributed by atoms with van der Waals surface area (Å²) in [4.78, 5) is 3.11. The molecular weight excluding hydrogens is 231 g/mol. The van der Waals surface area contributed by atoms with E-state index in [0.29, 0.717) is 5.88 Å². The number of nitrogens with one attached hydrogen (secondary N) is 1. The van der Waals surface area contributed by atoms with Gasteiger partial charge >= 0.3 is 0 Å². The molecule has 0 saturated carbocycles. The molecule has 2 nitrogen and oxygen atoms in total. The van der Waals surface area contributed by atoms with Crippen LogP contribution in [0.3, 0.4) is 0 Å². The van der Waals surface area contributed by atoms with Crippen molar-refractivity contribution in [1.29, 1.82) is 0 Å². The summed E-state index contributed by atoms with van der Waals surface area (Å²) >= 11 is 5.79. The van der Waals surface area contributed by atoms with Gasteiger partial charge in [-0.1, -0.05) is 30.3 Å². The van der Waals surface area contributed by atoms with E-state index in [4.69, 9.17) is 11.6 Å². The van der Waals surface area contributed by atoms with Crippen molar-refractivity contribution in [2.24, 2.45) is 0 Å². The summed E-state index contributed by atoms with van der Waals surface area (Å²) in [5.41, 5.74) is 1.28. The largest absolute Gasteiger partial charge is 1.00 e. The standard InChI is InChI=1S/C11H11ClN2.ClH/c12-8-11-13-6-7-14(11)9-10-4-2-1-3-5-10;/h1-7H,8-9H2;1H. The van der Waals surface area contributed by atoms with Crippen molar-refractivity contribution in [1.82, 2.24) is 4.98 Å². The number of halogens is 2. The summed E-state index contributed by atoms with van der Waals surface area (Å²) in [6.45, 7) is 0.867. The van der Waals surface area contributed by atoms with Gasteiger partial charge in [0.05, 0.1) is 0 Å². The first kappa shape index (κ1) is 12.1. The number of hydrogen-bond donors (Lipinski definition) is 1. The summed E-state index contributed by atoms with van der Waals surface area (Å²) in [5, 5.41) is 0. The summed E-state index contributed by atoms with van der Waals surface area (Å²) < 4.78 is 2.11. The van der Waals surface area contributed by atoms with Gasteiger partial charge in [-0.15, -0.1) is 11.6 Å². The Morgan fingerprint density at radius 3 is 2.60 bits per heavy atom. The first-order valence-electron chi connectivity index (χ1n) is 4.56. The molecule has 0 aliphatic carbocycles. The highest BCUT2D eigenvalue weighted by Gasteiger charge is 2.08.